The minimum absolute atomic E-state index is 0.0320. The normalized spacial score (nSPS) is 23.4. The highest BCUT2D eigenvalue weighted by Crippen LogP contribution is 2.38. The second-order valence-corrected chi connectivity index (χ2v) is 12.0. The second-order valence-electron chi connectivity index (χ2n) is 7.13. The Morgan fingerprint density at radius 1 is 1.11 bits per heavy atom. The lowest BCUT2D eigenvalue weighted by atomic mass is 9.85. The van der Waals surface area contributed by atoms with Crippen LogP contribution in [-0.4, -0.2) is 68.7 Å². The predicted molar refractivity (Wildman–Crippen MR) is 111 cm³/mol. The van der Waals surface area contributed by atoms with Crippen molar-refractivity contribution in [2.75, 3.05) is 36.6 Å². The standard InChI is InChI=1S/C17H25Cl2N3O4S2/c18-12-27(23,24)20-7-10-22(28(25,26)13-19)15-6-9-21-8-5-14-3-1-2-4-16(14)17(21)11-15/h1-4,15,17,20H,5-13H2/t15-,17+/m1/s1. The molecule has 1 N–H and O–H groups in total. The highest BCUT2D eigenvalue weighted by atomic mass is 35.5. The van der Waals surface area contributed by atoms with Gasteiger partial charge in [0.05, 0.1) is 0 Å². The first-order valence-corrected chi connectivity index (χ1v) is 13.5. The van der Waals surface area contributed by atoms with E-state index in [0.29, 0.717) is 12.8 Å². The van der Waals surface area contributed by atoms with Crippen molar-refractivity contribution >= 4 is 43.2 Å². The van der Waals surface area contributed by atoms with E-state index in [-0.39, 0.29) is 25.2 Å². The Morgan fingerprint density at radius 2 is 1.86 bits per heavy atom. The maximum absolute atomic E-state index is 12.6. The zero-order valence-electron chi connectivity index (χ0n) is 15.4. The lowest BCUT2D eigenvalue weighted by Crippen LogP contribution is -2.52. The van der Waals surface area contributed by atoms with Crippen LogP contribution in [0.15, 0.2) is 24.3 Å². The molecule has 11 heteroatoms. The van der Waals surface area contributed by atoms with Gasteiger partial charge in [-0.1, -0.05) is 24.3 Å². The lowest BCUT2D eigenvalue weighted by Gasteiger charge is -2.45. The number of benzene rings is 1. The van der Waals surface area contributed by atoms with Crippen molar-refractivity contribution in [1.29, 1.82) is 0 Å². The van der Waals surface area contributed by atoms with Gasteiger partial charge in [-0.2, -0.15) is 4.31 Å². The van der Waals surface area contributed by atoms with Crippen LogP contribution in [0.3, 0.4) is 0 Å². The number of rotatable bonds is 8. The van der Waals surface area contributed by atoms with E-state index in [2.05, 4.69) is 21.8 Å². The molecule has 1 aromatic rings. The number of nitrogens with zero attached hydrogens (tertiary/aromatic N) is 2. The Labute approximate surface area is 177 Å². The molecule has 7 nitrogen and oxygen atoms in total. The molecule has 0 spiro atoms. The summed E-state index contributed by atoms with van der Waals surface area (Å²) in [7, 11) is -7.29. The van der Waals surface area contributed by atoms with Crippen LogP contribution in [0.5, 0.6) is 0 Å². The Morgan fingerprint density at radius 3 is 2.57 bits per heavy atom. The first-order chi connectivity index (χ1) is 13.3. The third-order valence-corrected chi connectivity index (χ3v) is 9.56. The summed E-state index contributed by atoms with van der Waals surface area (Å²) in [4.78, 5) is 2.40. The van der Waals surface area contributed by atoms with Gasteiger partial charge in [0.15, 0.2) is 0 Å². The van der Waals surface area contributed by atoms with Gasteiger partial charge in [-0.15, -0.1) is 23.2 Å². The second kappa shape index (κ2) is 9.16. The van der Waals surface area contributed by atoms with Crippen molar-refractivity contribution in [3.05, 3.63) is 35.4 Å². The van der Waals surface area contributed by atoms with E-state index < -0.39 is 30.5 Å². The van der Waals surface area contributed by atoms with Crippen molar-refractivity contribution < 1.29 is 16.8 Å². The van der Waals surface area contributed by atoms with Crippen LogP contribution in [0.25, 0.3) is 0 Å². The maximum atomic E-state index is 12.6. The largest absolute Gasteiger partial charge is 0.296 e. The van der Waals surface area contributed by atoms with Crippen LogP contribution in [0, 0.1) is 0 Å². The fourth-order valence-electron chi connectivity index (χ4n) is 4.16. The van der Waals surface area contributed by atoms with Crippen LogP contribution in [-0.2, 0) is 26.5 Å². The van der Waals surface area contributed by atoms with Crippen LogP contribution in [0.2, 0.25) is 0 Å². The number of fused-ring (bicyclic) bond motifs is 3. The molecule has 2 atom stereocenters. The first-order valence-electron chi connectivity index (χ1n) is 9.18. The minimum Gasteiger partial charge on any atom is -0.296 e. The van der Waals surface area contributed by atoms with Gasteiger partial charge in [0.2, 0.25) is 20.0 Å². The average molecular weight is 470 g/mol. The summed E-state index contributed by atoms with van der Waals surface area (Å²) in [5.74, 6) is 0. The fraction of sp³-hybridized carbons (Fsp3) is 0.647. The van der Waals surface area contributed by atoms with E-state index in [1.807, 2.05) is 12.1 Å². The molecule has 0 saturated carbocycles. The molecule has 3 rings (SSSR count). The lowest BCUT2D eigenvalue weighted by molar-refractivity contribution is 0.0913. The molecule has 28 heavy (non-hydrogen) atoms. The third-order valence-electron chi connectivity index (χ3n) is 5.47. The van der Waals surface area contributed by atoms with Gasteiger partial charge in [-0.25, -0.2) is 21.6 Å². The molecule has 1 saturated heterocycles. The van der Waals surface area contributed by atoms with Gasteiger partial charge in [0.25, 0.3) is 0 Å². The molecule has 0 aliphatic carbocycles. The van der Waals surface area contributed by atoms with Gasteiger partial charge in [-0.05, 0) is 30.4 Å². The maximum Gasteiger partial charge on any atom is 0.228 e. The van der Waals surface area contributed by atoms with Gasteiger partial charge >= 0.3 is 0 Å². The fourth-order valence-corrected chi connectivity index (χ4v) is 6.39. The van der Waals surface area contributed by atoms with Crippen molar-refractivity contribution in [3.63, 3.8) is 0 Å². The molecule has 2 heterocycles. The molecule has 0 radical (unpaired) electrons. The molecular weight excluding hydrogens is 445 g/mol. The molecular formula is C17H25Cl2N3O4S2. The number of halogens is 2. The monoisotopic (exact) mass is 469 g/mol. The summed E-state index contributed by atoms with van der Waals surface area (Å²) >= 11 is 11.1. The molecule has 2 aliphatic heterocycles. The number of sulfonamides is 2. The number of hydrogen-bond acceptors (Lipinski definition) is 5. The van der Waals surface area contributed by atoms with Gasteiger partial charge < -0.3 is 0 Å². The van der Waals surface area contributed by atoms with E-state index in [1.54, 1.807) is 0 Å². The summed E-state index contributed by atoms with van der Waals surface area (Å²) < 4.78 is 52.0. The quantitative estimate of drug-likeness (QED) is 0.585. The summed E-state index contributed by atoms with van der Waals surface area (Å²) in [6.45, 7) is 1.76. The summed E-state index contributed by atoms with van der Waals surface area (Å²) in [5, 5.41) is -1.09. The van der Waals surface area contributed by atoms with Gasteiger partial charge in [-0.3, -0.25) is 4.90 Å². The first kappa shape index (κ1) is 22.3. The molecule has 0 unspecified atom stereocenters. The van der Waals surface area contributed by atoms with Crippen molar-refractivity contribution in [2.24, 2.45) is 0 Å². The molecule has 0 aromatic heterocycles. The summed E-state index contributed by atoms with van der Waals surface area (Å²) in [6, 6.07) is 8.23. The zero-order valence-corrected chi connectivity index (χ0v) is 18.6. The Hall–Kier alpha value is -0.420. The van der Waals surface area contributed by atoms with Crippen LogP contribution in [0.4, 0.5) is 0 Å². The van der Waals surface area contributed by atoms with Gasteiger partial charge in [0, 0.05) is 38.3 Å². The van der Waals surface area contributed by atoms with Crippen molar-refractivity contribution in [3.8, 4) is 0 Å². The summed E-state index contributed by atoms with van der Waals surface area (Å²) in [6.07, 6.45) is 2.35. The SMILES string of the molecule is O=S(=O)(CCl)NCCN([C@@H]1CCN2CCc3ccccc3[C@@H]2C1)S(=O)(=O)CCl. The Balaban J connectivity index is 1.78. The minimum atomic E-state index is -3.69. The highest BCUT2D eigenvalue weighted by molar-refractivity contribution is 7.90. The molecule has 158 valence electrons. The van der Waals surface area contributed by atoms with Crippen LogP contribution in [0.1, 0.15) is 30.0 Å². The highest BCUT2D eigenvalue weighted by Gasteiger charge is 2.38. The smallest absolute Gasteiger partial charge is 0.228 e. The number of hydrogen-bond donors (Lipinski definition) is 1. The van der Waals surface area contributed by atoms with Gasteiger partial charge in [0.1, 0.15) is 10.4 Å². The van der Waals surface area contributed by atoms with E-state index in [9.17, 15) is 16.8 Å². The molecule has 0 bridgehead atoms. The van der Waals surface area contributed by atoms with Crippen LogP contribution < -0.4 is 4.72 Å². The Bertz CT molecular complexity index is 895. The van der Waals surface area contributed by atoms with Crippen molar-refractivity contribution in [2.45, 2.75) is 31.3 Å². The zero-order chi connectivity index (χ0) is 20.4. The van der Waals surface area contributed by atoms with E-state index in [4.69, 9.17) is 23.2 Å². The van der Waals surface area contributed by atoms with E-state index in [0.717, 1.165) is 19.5 Å². The van der Waals surface area contributed by atoms with E-state index >= 15 is 0 Å². The van der Waals surface area contributed by atoms with E-state index in [1.165, 1.54) is 15.4 Å². The Kier molecular flexibility index (Phi) is 7.28. The average Bonchev–Trinajstić information content (AvgIpc) is 2.70. The summed E-state index contributed by atoms with van der Waals surface area (Å²) in [5.41, 5.74) is 2.57. The molecule has 2 aliphatic rings. The molecule has 1 fully saturated rings. The topological polar surface area (TPSA) is 86.8 Å². The van der Waals surface area contributed by atoms with Crippen LogP contribution >= 0.6 is 23.2 Å². The molecule has 0 amide bonds. The number of piperidine rings is 1. The number of nitrogens with one attached hydrogen (secondary N) is 1. The third kappa shape index (κ3) is 5.00. The van der Waals surface area contributed by atoms with Crippen molar-refractivity contribution in [1.82, 2.24) is 13.9 Å². The predicted octanol–water partition coefficient (Wildman–Crippen LogP) is 1.69. The molecule has 1 aromatic carbocycles. The number of alkyl halides is 2.